The molecule has 0 unspecified atom stereocenters. The lowest BCUT2D eigenvalue weighted by Crippen LogP contribution is -2.68. The molecule has 0 aromatic heterocycles. The van der Waals surface area contributed by atoms with E-state index in [1.54, 1.807) is 45.2 Å². The minimum atomic E-state index is -2.30. The van der Waals surface area contributed by atoms with Crippen LogP contribution in [0.2, 0.25) is 18.1 Å². The zero-order chi connectivity index (χ0) is 29.0. The van der Waals surface area contributed by atoms with Gasteiger partial charge in [-0.25, -0.2) is 0 Å². The molecule has 0 aliphatic carbocycles. The summed E-state index contributed by atoms with van der Waals surface area (Å²) in [4.78, 5) is 12.5. The lowest BCUT2D eigenvalue weighted by Gasteiger charge is -2.44. The van der Waals surface area contributed by atoms with E-state index in [1.807, 2.05) is 13.8 Å². The summed E-state index contributed by atoms with van der Waals surface area (Å²) in [5.74, 6) is -1.20. The maximum Gasteiger partial charge on any atom is 0.290 e. The van der Waals surface area contributed by atoms with Crippen LogP contribution in [0.25, 0.3) is 0 Å². The predicted molar refractivity (Wildman–Crippen MR) is 147 cm³/mol. The number of anilines is 1. The number of benzene rings is 1. The van der Waals surface area contributed by atoms with E-state index in [2.05, 4.69) is 39.2 Å². The number of rotatable bonds is 8. The fourth-order valence-corrected chi connectivity index (χ4v) is 6.01. The van der Waals surface area contributed by atoms with Gasteiger partial charge in [-0.15, -0.1) is 0 Å². The highest BCUT2D eigenvalue weighted by Crippen LogP contribution is 2.46. The summed E-state index contributed by atoms with van der Waals surface area (Å²) >= 11 is 0. The molecule has 0 bridgehead atoms. The molecule has 0 radical (unpaired) electrons. The zero-order valence-electron chi connectivity index (χ0n) is 24.7. The van der Waals surface area contributed by atoms with Crippen LogP contribution in [0.5, 0.6) is 5.75 Å². The van der Waals surface area contributed by atoms with Crippen LogP contribution >= 0.6 is 0 Å². The maximum atomic E-state index is 12.9. The summed E-state index contributed by atoms with van der Waals surface area (Å²) < 4.78 is 43.0. The molecule has 12 heteroatoms. The van der Waals surface area contributed by atoms with Gasteiger partial charge in [-0.3, -0.25) is 10.1 Å². The molecule has 4 rings (SSSR count). The molecule has 0 amide bonds. The highest BCUT2D eigenvalue weighted by molar-refractivity contribution is 6.74. The Kier molecular flexibility index (Phi) is 7.91. The fourth-order valence-electron chi connectivity index (χ4n) is 4.89. The van der Waals surface area contributed by atoms with Gasteiger partial charge in [-0.1, -0.05) is 20.8 Å². The van der Waals surface area contributed by atoms with Crippen molar-refractivity contribution in [1.29, 1.82) is 0 Å². The van der Waals surface area contributed by atoms with E-state index in [0.717, 1.165) is 0 Å². The molecule has 39 heavy (non-hydrogen) atoms. The molecule has 0 spiro atoms. The first-order chi connectivity index (χ1) is 17.9. The lowest BCUT2D eigenvalue weighted by atomic mass is 9.84. The third-order valence-corrected chi connectivity index (χ3v) is 12.7. The smallest absolute Gasteiger partial charge is 0.290 e. The van der Waals surface area contributed by atoms with E-state index in [9.17, 15) is 10.1 Å². The average Bonchev–Trinajstić information content (AvgIpc) is 3.30. The third kappa shape index (κ3) is 5.97. The van der Waals surface area contributed by atoms with Gasteiger partial charge in [0.1, 0.15) is 43.3 Å². The van der Waals surface area contributed by atoms with Crippen LogP contribution < -0.4 is 10.1 Å². The average molecular weight is 569 g/mol. The minimum Gasteiger partial charge on any atom is -0.497 e. The van der Waals surface area contributed by atoms with Crippen molar-refractivity contribution in [2.45, 2.75) is 114 Å². The van der Waals surface area contributed by atoms with Crippen molar-refractivity contribution >= 4 is 14.0 Å². The molecule has 3 aliphatic rings. The molecule has 1 aromatic carbocycles. The van der Waals surface area contributed by atoms with Crippen molar-refractivity contribution in [3.05, 3.63) is 34.4 Å². The number of methoxy groups -OCH3 is 1. The number of hydrogen-bond donors (Lipinski definition) is 1. The van der Waals surface area contributed by atoms with Crippen LogP contribution in [0.4, 0.5) is 5.69 Å². The number of nitro groups is 1. The Labute approximate surface area is 232 Å². The second-order valence-corrected chi connectivity index (χ2v) is 17.9. The lowest BCUT2D eigenvalue weighted by molar-refractivity contribution is -0.600. The summed E-state index contributed by atoms with van der Waals surface area (Å²) in [7, 11) is -0.719. The number of hydrogen-bond acceptors (Lipinski definition) is 10. The van der Waals surface area contributed by atoms with Crippen LogP contribution in [0.3, 0.4) is 0 Å². The van der Waals surface area contributed by atoms with E-state index in [4.69, 9.17) is 32.8 Å². The SMILES string of the molecule is COc1ccc(N[C@@H]([C@H]2O[C@H](O[Si](C)(C)C(C)(C)C)[C@H]3OC(C)(C)O[C@H]32)C2([N+](=O)[O-])COC(C)(C)OC2)cc1. The molecular weight excluding hydrogens is 524 g/mol. The van der Waals surface area contributed by atoms with Gasteiger partial charge in [0.2, 0.25) is 0 Å². The first-order valence-electron chi connectivity index (χ1n) is 13.4. The van der Waals surface area contributed by atoms with Gasteiger partial charge in [0.05, 0.1) is 7.11 Å². The number of nitrogens with zero attached hydrogens (tertiary/aromatic N) is 1. The minimum absolute atomic E-state index is 0.0850. The Morgan fingerprint density at radius 2 is 1.59 bits per heavy atom. The first-order valence-corrected chi connectivity index (χ1v) is 16.3. The maximum absolute atomic E-state index is 12.9. The molecule has 3 fully saturated rings. The van der Waals surface area contributed by atoms with Crippen LogP contribution in [0, 0.1) is 10.1 Å². The second kappa shape index (κ2) is 10.2. The van der Waals surface area contributed by atoms with E-state index in [1.165, 1.54) is 0 Å². The standard InChI is InChI=1S/C27H44N2O9Si/c1-24(2,3)39(9,10)38-23-21-19(36-26(6,7)37-21)20(35-23)22(28-17-11-13-18(32-8)14-12-17)27(29(30)31)15-33-25(4,5)34-16-27/h11-14,19-23,28H,15-16H2,1-10H3/t19-,20-,21-,22-,23+/m0/s1. The highest BCUT2D eigenvalue weighted by Gasteiger charge is 2.66. The number of ether oxygens (including phenoxy) is 6. The Morgan fingerprint density at radius 3 is 2.10 bits per heavy atom. The Balaban J connectivity index is 1.75. The van der Waals surface area contributed by atoms with Crippen LogP contribution in [-0.4, -0.2) is 81.3 Å². The van der Waals surface area contributed by atoms with Gasteiger partial charge < -0.3 is 38.2 Å². The number of fused-ring (bicyclic) bond motifs is 1. The summed E-state index contributed by atoms with van der Waals surface area (Å²) in [6.45, 7) is 17.5. The van der Waals surface area contributed by atoms with Crippen molar-refractivity contribution in [3.63, 3.8) is 0 Å². The van der Waals surface area contributed by atoms with Crippen molar-refractivity contribution in [2.24, 2.45) is 0 Å². The molecule has 1 N–H and O–H groups in total. The van der Waals surface area contributed by atoms with Crippen molar-refractivity contribution in [1.82, 2.24) is 0 Å². The second-order valence-electron chi connectivity index (χ2n) is 13.1. The number of nitrogens with one attached hydrogen (secondary N) is 1. The van der Waals surface area contributed by atoms with Crippen LogP contribution in [-0.2, 0) is 28.1 Å². The van der Waals surface area contributed by atoms with Crippen molar-refractivity contribution in [2.75, 3.05) is 25.6 Å². The van der Waals surface area contributed by atoms with Gasteiger partial charge >= 0.3 is 0 Å². The largest absolute Gasteiger partial charge is 0.497 e. The molecule has 5 atom stereocenters. The van der Waals surface area contributed by atoms with E-state index >= 15 is 0 Å². The van der Waals surface area contributed by atoms with Gasteiger partial charge in [0.25, 0.3) is 5.54 Å². The van der Waals surface area contributed by atoms with E-state index < -0.39 is 56.1 Å². The third-order valence-electron chi connectivity index (χ3n) is 8.29. The van der Waals surface area contributed by atoms with Crippen LogP contribution in [0.1, 0.15) is 48.5 Å². The zero-order valence-corrected chi connectivity index (χ0v) is 25.7. The predicted octanol–water partition coefficient (Wildman–Crippen LogP) is 4.54. The van der Waals surface area contributed by atoms with Crippen molar-refractivity contribution in [3.8, 4) is 5.75 Å². The molecule has 11 nitrogen and oxygen atoms in total. The fraction of sp³-hybridized carbons (Fsp3) is 0.778. The first kappa shape index (κ1) is 30.2. The molecule has 3 heterocycles. The summed E-state index contributed by atoms with van der Waals surface area (Å²) in [5, 5.41) is 16.2. The van der Waals surface area contributed by atoms with Crippen molar-refractivity contribution < 1.29 is 37.8 Å². The van der Waals surface area contributed by atoms with Gasteiger partial charge in [-0.2, -0.15) is 0 Å². The van der Waals surface area contributed by atoms with E-state index in [0.29, 0.717) is 11.4 Å². The molecule has 0 saturated carbocycles. The van der Waals surface area contributed by atoms with Gasteiger partial charge in [-0.05, 0) is 70.1 Å². The Morgan fingerprint density at radius 1 is 1.03 bits per heavy atom. The van der Waals surface area contributed by atoms with Gasteiger partial charge in [0.15, 0.2) is 26.2 Å². The highest BCUT2D eigenvalue weighted by atomic mass is 28.4. The monoisotopic (exact) mass is 568 g/mol. The van der Waals surface area contributed by atoms with E-state index in [-0.39, 0.29) is 23.2 Å². The molecule has 1 aromatic rings. The summed E-state index contributed by atoms with van der Waals surface area (Å²) in [6, 6.07) is 6.26. The van der Waals surface area contributed by atoms with Crippen LogP contribution in [0.15, 0.2) is 24.3 Å². The molecule has 3 saturated heterocycles. The quantitative estimate of drug-likeness (QED) is 0.272. The topological polar surface area (TPSA) is 120 Å². The summed E-state index contributed by atoms with van der Waals surface area (Å²) in [6.07, 6.45) is -2.76. The van der Waals surface area contributed by atoms with Gasteiger partial charge in [0, 0.05) is 10.6 Å². The Hall–Kier alpha value is -1.80. The normalized spacial score (nSPS) is 30.4. The molecular formula is C27H44N2O9Si. The summed E-state index contributed by atoms with van der Waals surface area (Å²) in [5.41, 5.74) is -1.04. The molecule has 220 valence electrons. The Bertz CT molecular complexity index is 1030. The molecule has 3 aliphatic heterocycles.